The normalized spacial score (nSPS) is 11.2. The number of benzene rings is 1. The highest BCUT2D eigenvalue weighted by Crippen LogP contribution is 2.26. The van der Waals surface area contributed by atoms with Gasteiger partial charge in [0.1, 0.15) is 5.69 Å². The lowest BCUT2D eigenvalue weighted by Crippen LogP contribution is -2.34. The largest absolute Gasteiger partial charge is 0.463 e. The molecule has 0 saturated carbocycles. The zero-order valence-electron chi connectivity index (χ0n) is 14.3. The Balaban J connectivity index is 2.13. The van der Waals surface area contributed by atoms with Crippen molar-refractivity contribution in [2.45, 2.75) is 20.8 Å². The fraction of sp³-hybridized carbons (Fsp3) is 0.300. The van der Waals surface area contributed by atoms with Crippen LogP contribution in [-0.4, -0.2) is 28.9 Å². The number of rotatable bonds is 5. The fourth-order valence-electron chi connectivity index (χ4n) is 2.87. The third-order valence-electron chi connectivity index (χ3n) is 3.97. The summed E-state index contributed by atoms with van der Waals surface area (Å²) in [6.07, 6.45) is 1.62. The van der Waals surface area contributed by atoms with Gasteiger partial charge < -0.3 is 9.32 Å². The Morgan fingerprint density at radius 3 is 2.67 bits per heavy atom. The molecule has 0 N–H and O–H groups in total. The van der Waals surface area contributed by atoms with Crippen molar-refractivity contribution in [2.75, 3.05) is 13.1 Å². The van der Waals surface area contributed by atoms with Crippen LogP contribution in [0.15, 0.2) is 53.1 Å². The molecule has 124 valence electrons. The van der Waals surface area contributed by atoms with Crippen LogP contribution in [0.4, 0.5) is 0 Å². The molecule has 3 aromatic rings. The lowest BCUT2D eigenvalue weighted by Gasteiger charge is -2.23. The molecule has 0 radical (unpaired) electrons. The molecule has 0 fully saturated rings. The zero-order valence-corrected chi connectivity index (χ0v) is 14.3. The lowest BCUT2D eigenvalue weighted by molar-refractivity contribution is 0.0747. The smallest absolute Gasteiger partial charge is 0.254 e. The molecule has 3 rings (SSSR count). The molecule has 0 aliphatic rings. The molecule has 0 spiro atoms. The number of fused-ring (bicyclic) bond motifs is 1. The number of aromatic nitrogens is 1. The number of furan rings is 1. The van der Waals surface area contributed by atoms with Crippen LogP contribution in [-0.2, 0) is 0 Å². The third kappa shape index (κ3) is 3.18. The molecular formula is C20H22N2O2. The minimum Gasteiger partial charge on any atom is -0.463 e. The number of para-hydroxylation sites is 1. The van der Waals surface area contributed by atoms with Gasteiger partial charge in [-0.1, -0.05) is 32.0 Å². The van der Waals surface area contributed by atoms with Crippen LogP contribution in [0.1, 0.15) is 31.1 Å². The van der Waals surface area contributed by atoms with Crippen molar-refractivity contribution in [1.29, 1.82) is 0 Å². The highest BCUT2D eigenvalue weighted by molar-refractivity contribution is 6.07. The van der Waals surface area contributed by atoms with E-state index in [1.54, 1.807) is 6.26 Å². The van der Waals surface area contributed by atoms with Crippen molar-refractivity contribution in [2.24, 2.45) is 5.92 Å². The van der Waals surface area contributed by atoms with Crippen molar-refractivity contribution < 1.29 is 9.21 Å². The van der Waals surface area contributed by atoms with Crippen LogP contribution < -0.4 is 0 Å². The minimum atomic E-state index is 0.0395. The Hall–Kier alpha value is -2.62. The second kappa shape index (κ2) is 6.87. The molecule has 1 aromatic carbocycles. The molecule has 0 atom stereocenters. The molecule has 4 nitrogen and oxygen atoms in total. The summed E-state index contributed by atoms with van der Waals surface area (Å²) in [4.78, 5) is 19.6. The van der Waals surface area contributed by atoms with Gasteiger partial charge in [0.15, 0.2) is 5.76 Å². The van der Waals surface area contributed by atoms with Gasteiger partial charge >= 0.3 is 0 Å². The van der Waals surface area contributed by atoms with Crippen molar-refractivity contribution in [3.05, 3.63) is 54.3 Å². The monoisotopic (exact) mass is 322 g/mol. The maximum atomic E-state index is 13.1. The Morgan fingerprint density at radius 1 is 1.21 bits per heavy atom. The predicted octanol–water partition coefficient (Wildman–Crippen LogP) is 4.61. The second-order valence-electron chi connectivity index (χ2n) is 6.29. The number of carbonyl (C=O) groups excluding carboxylic acids is 1. The minimum absolute atomic E-state index is 0.0395. The SMILES string of the molecule is CCN(CC(C)C)C(=O)c1cc(-c2ccco2)nc2ccccc12. The first-order valence-corrected chi connectivity index (χ1v) is 8.33. The molecule has 2 heterocycles. The average molecular weight is 322 g/mol. The van der Waals surface area contributed by atoms with Gasteiger partial charge in [-0.2, -0.15) is 0 Å². The van der Waals surface area contributed by atoms with Crippen LogP contribution in [0.25, 0.3) is 22.4 Å². The van der Waals surface area contributed by atoms with Gasteiger partial charge in [-0.3, -0.25) is 4.79 Å². The second-order valence-corrected chi connectivity index (χ2v) is 6.29. The molecule has 0 unspecified atom stereocenters. The van der Waals surface area contributed by atoms with E-state index in [0.29, 0.717) is 29.5 Å². The Bertz CT molecular complexity index is 838. The lowest BCUT2D eigenvalue weighted by atomic mass is 10.0. The van der Waals surface area contributed by atoms with Crippen LogP contribution in [0.5, 0.6) is 0 Å². The van der Waals surface area contributed by atoms with Crippen molar-refractivity contribution in [3.8, 4) is 11.5 Å². The number of hydrogen-bond donors (Lipinski definition) is 0. The fourth-order valence-corrected chi connectivity index (χ4v) is 2.87. The van der Waals surface area contributed by atoms with E-state index in [9.17, 15) is 4.79 Å². The van der Waals surface area contributed by atoms with Crippen LogP contribution >= 0.6 is 0 Å². The van der Waals surface area contributed by atoms with Crippen molar-refractivity contribution >= 4 is 16.8 Å². The molecular weight excluding hydrogens is 300 g/mol. The molecule has 0 aliphatic carbocycles. The highest BCUT2D eigenvalue weighted by atomic mass is 16.3. The van der Waals surface area contributed by atoms with Gasteiger partial charge in [0.2, 0.25) is 0 Å². The van der Waals surface area contributed by atoms with Gasteiger partial charge in [0.05, 0.1) is 17.3 Å². The highest BCUT2D eigenvalue weighted by Gasteiger charge is 2.20. The molecule has 0 saturated heterocycles. The van der Waals surface area contributed by atoms with Gasteiger partial charge in [-0.25, -0.2) is 4.98 Å². The number of nitrogens with zero attached hydrogens (tertiary/aromatic N) is 2. The van der Waals surface area contributed by atoms with Crippen LogP contribution in [0, 0.1) is 5.92 Å². The molecule has 2 aromatic heterocycles. The van der Waals surface area contributed by atoms with Gasteiger partial charge in [-0.15, -0.1) is 0 Å². The third-order valence-corrected chi connectivity index (χ3v) is 3.97. The molecule has 24 heavy (non-hydrogen) atoms. The summed E-state index contributed by atoms with van der Waals surface area (Å²) in [7, 11) is 0. The van der Waals surface area contributed by atoms with Crippen LogP contribution in [0.3, 0.4) is 0 Å². The van der Waals surface area contributed by atoms with Gasteiger partial charge in [0.25, 0.3) is 5.91 Å². The Morgan fingerprint density at radius 2 is 2.00 bits per heavy atom. The number of hydrogen-bond acceptors (Lipinski definition) is 3. The quantitative estimate of drug-likeness (QED) is 0.689. The topological polar surface area (TPSA) is 46.3 Å². The standard InChI is InChI=1S/C20H22N2O2/c1-4-22(13-14(2)3)20(23)16-12-18(19-10-7-11-24-19)21-17-9-6-5-8-15(16)17/h5-12,14H,4,13H2,1-3H3. The van der Waals surface area contributed by atoms with E-state index in [2.05, 4.69) is 18.8 Å². The Kier molecular flexibility index (Phi) is 4.65. The maximum Gasteiger partial charge on any atom is 0.254 e. The molecule has 4 heteroatoms. The maximum absolute atomic E-state index is 13.1. The molecule has 1 amide bonds. The first kappa shape index (κ1) is 16.2. The van der Waals surface area contributed by atoms with E-state index in [1.165, 1.54) is 0 Å². The summed E-state index contributed by atoms with van der Waals surface area (Å²) >= 11 is 0. The number of amides is 1. The summed E-state index contributed by atoms with van der Waals surface area (Å²) in [5.74, 6) is 1.13. The van der Waals surface area contributed by atoms with E-state index in [-0.39, 0.29) is 5.91 Å². The first-order chi connectivity index (χ1) is 11.6. The van der Waals surface area contributed by atoms with Crippen LogP contribution in [0.2, 0.25) is 0 Å². The number of carbonyl (C=O) groups is 1. The summed E-state index contributed by atoms with van der Waals surface area (Å²) < 4.78 is 5.47. The summed E-state index contributed by atoms with van der Waals surface area (Å²) in [6, 6.07) is 13.3. The van der Waals surface area contributed by atoms with Crippen molar-refractivity contribution in [1.82, 2.24) is 9.88 Å². The van der Waals surface area contributed by atoms with E-state index < -0.39 is 0 Å². The zero-order chi connectivity index (χ0) is 17.1. The van der Waals surface area contributed by atoms with E-state index in [4.69, 9.17) is 4.42 Å². The Labute approximate surface area is 142 Å². The average Bonchev–Trinajstić information content (AvgIpc) is 3.12. The van der Waals surface area contributed by atoms with E-state index in [0.717, 1.165) is 17.4 Å². The molecule has 0 bridgehead atoms. The summed E-state index contributed by atoms with van der Waals surface area (Å²) in [6.45, 7) is 7.67. The molecule has 0 aliphatic heterocycles. The summed E-state index contributed by atoms with van der Waals surface area (Å²) in [5, 5.41) is 0.875. The van der Waals surface area contributed by atoms with Crippen molar-refractivity contribution in [3.63, 3.8) is 0 Å². The van der Waals surface area contributed by atoms with Gasteiger partial charge in [0, 0.05) is 18.5 Å². The van der Waals surface area contributed by atoms with E-state index in [1.807, 2.05) is 54.3 Å². The van der Waals surface area contributed by atoms with Gasteiger partial charge in [-0.05, 0) is 37.1 Å². The first-order valence-electron chi connectivity index (χ1n) is 8.33. The van der Waals surface area contributed by atoms with E-state index >= 15 is 0 Å². The summed E-state index contributed by atoms with van der Waals surface area (Å²) in [5.41, 5.74) is 2.16. The predicted molar refractivity (Wildman–Crippen MR) is 95.9 cm³/mol. The number of pyridine rings is 1.